The Balaban J connectivity index is 1.26. The number of amides is 3. The Morgan fingerprint density at radius 1 is 0.838 bits per heavy atom. The smallest absolute Gasteiger partial charge is 0.255 e. The van der Waals surface area contributed by atoms with Crippen molar-refractivity contribution in [1.29, 1.82) is 0 Å². The summed E-state index contributed by atoms with van der Waals surface area (Å²) in [6.07, 6.45) is 5.49. The molecular formula is C30H31N3O3S. The van der Waals surface area contributed by atoms with Gasteiger partial charge in [-0.3, -0.25) is 14.4 Å². The van der Waals surface area contributed by atoms with Crippen molar-refractivity contribution in [2.75, 3.05) is 11.1 Å². The molecule has 3 aromatic rings. The summed E-state index contributed by atoms with van der Waals surface area (Å²) >= 11 is 1.60. The number of para-hydroxylation sites is 1. The topological polar surface area (TPSA) is 78.5 Å². The summed E-state index contributed by atoms with van der Waals surface area (Å²) in [4.78, 5) is 40.4. The number of carbonyl (C=O) groups excluding carboxylic acids is 3. The van der Waals surface area contributed by atoms with Crippen LogP contribution in [0.4, 0.5) is 5.69 Å². The first-order valence-electron chi connectivity index (χ1n) is 12.8. The Kier molecular flexibility index (Phi) is 7.90. The van der Waals surface area contributed by atoms with Gasteiger partial charge in [-0.2, -0.15) is 0 Å². The first-order valence-corrected chi connectivity index (χ1v) is 13.9. The number of rotatable bonds is 7. The van der Waals surface area contributed by atoms with E-state index in [2.05, 4.69) is 10.6 Å². The molecule has 1 atom stereocenters. The Labute approximate surface area is 221 Å². The third-order valence-corrected chi connectivity index (χ3v) is 8.24. The molecule has 0 aromatic heterocycles. The van der Waals surface area contributed by atoms with Gasteiger partial charge in [0.2, 0.25) is 5.91 Å². The van der Waals surface area contributed by atoms with Gasteiger partial charge in [-0.05, 0) is 48.2 Å². The lowest BCUT2D eigenvalue weighted by Gasteiger charge is -2.24. The van der Waals surface area contributed by atoms with Gasteiger partial charge < -0.3 is 15.5 Å². The van der Waals surface area contributed by atoms with E-state index in [-0.39, 0.29) is 29.1 Å². The Morgan fingerprint density at radius 2 is 1.54 bits per heavy atom. The SMILES string of the molecule is O=C(Nc1ccccc1C(=O)NC1CCCCC1)c1ccc([C@H]2SCC(=O)N2Cc2ccccc2)cc1. The number of nitrogens with one attached hydrogen (secondary N) is 2. The van der Waals surface area contributed by atoms with E-state index >= 15 is 0 Å². The van der Waals surface area contributed by atoms with Crippen LogP contribution >= 0.6 is 11.8 Å². The minimum atomic E-state index is -0.277. The van der Waals surface area contributed by atoms with E-state index < -0.39 is 0 Å². The van der Waals surface area contributed by atoms with Crippen molar-refractivity contribution >= 4 is 35.2 Å². The molecule has 0 radical (unpaired) electrons. The van der Waals surface area contributed by atoms with Gasteiger partial charge in [0.25, 0.3) is 11.8 Å². The molecule has 2 N–H and O–H groups in total. The highest BCUT2D eigenvalue weighted by Crippen LogP contribution is 2.39. The van der Waals surface area contributed by atoms with Crippen molar-refractivity contribution in [3.63, 3.8) is 0 Å². The van der Waals surface area contributed by atoms with E-state index in [0.29, 0.717) is 29.1 Å². The Bertz CT molecular complexity index is 1260. The molecule has 2 aliphatic rings. The third kappa shape index (κ3) is 6.05. The number of hydrogen-bond acceptors (Lipinski definition) is 4. The molecule has 6 nitrogen and oxygen atoms in total. The van der Waals surface area contributed by atoms with Crippen LogP contribution in [-0.4, -0.2) is 34.4 Å². The normalized spacial score (nSPS) is 18.0. The van der Waals surface area contributed by atoms with Gasteiger partial charge in [-0.1, -0.05) is 73.9 Å². The van der Waals surface area contributed by atoms with Crippen LogP contribution in [0.5, 0.6) is 0 Å². The first-order chi connectivity index (χ1) is 18.1. The highest BCUT2D eigenvalue weighted by Gasteiger charge is 2.32. The lowest BCUT2D eigenvalue weighted by Crippen LogP contribution is -2.36. The molecule has 1 aliphatic carbocycles. The molecular weight excluding hydrogens is 482 g/mol. The standard InChI is InChI=1S/C30H31N3O3S/c34-27-20-37-30(33(27)19-21-9-3-1-4-10-21)23-17-15-22(16-18-23)28(35)32-26-14-8-7-13-25(26)29(36)31-24-11-5-2-6-12-24/h1,3-4,7-10,13-18,24,30H,2,5-6,11-12,19-20H2,(H,31,36)(H,32,35)/t30-/m1/s1. The maximum Gasteiger partial charge on any atom is 0.255 e. The molecule has 5 rings (SSSR count). The predicted octanol–water partition coefficient (Wildman–Crippen LogP) is 5.78. The predicted molar refractivity (Wildman–Crippen MR) is 147 cm³/mol. The fraction of sp³-hybridized carbons (Fsp3) is 0.300. The third-order valence-electron chi connectivity index (χ3n) is 6.98. The number of hydrogen-bond donors (Lipinski definition) is 2. The van der Waals surface area contributed by atoms with E-state index in [4.69, 9.17) is 0 Å². The maximum absolute atomic E-state index is 13.1. The van der Waals surface area contributed by atoms with Crippen molar-refractivity contribution in [2.24, 2.45) is 0 Å². The van der Waals surface area contributed by atoms with Crippen LogP contribution < -0.4 is 10.6 Å². The molecule has 0 unspecified atom stereocenters. The zero-order valence-electron chi connectivity index (χ0n) is 20.7. The summed E-state index contributed by atoms with van der Waals surface area (Å²) in [5.41, 5.74) is 3.53. The number of nitrogens with zero attached hydrogens (tertiary/aromatic N) is 1. The van der Waals surface area contributed by atoms with Gasteiger partial charge in [0.15, 0.2) is 0 Å². The average molecular weight is 514 g/mol. The molecule has 190 valence electrons. The fourth-order valence-corrected chi connectivity index (χ4v) is 6.16. The molecule has 2 fully saturated rings. The number of benzene rings is 3. The van der Waals surface area contributed by atoms with E-state index in [0.717, 1.165) is 36.8 Å². The summed E-state index contributed by atoms with van der Waals surface area (Å²) in [5.74, 6) is 0.128. The second-order valence-electron chi connectivity index (χ2n) is 9.60. The van der Waals surface area contributed by atoms with Crippen molar-refractivity contribution in [2.45, 2.75) is 50.1 Å². The highest BCUT2D eigenvalue weighted by atomic mass is 32.2. The van der Waals surface area contributed by atoms with E-state index in [1.165, 1.54) is 6.42 Å². The summed E-state index contributed by atoms with van der Waals surface area (Å²) in [7, 11) is 0. The van der Waals surface area contributed by atoms with Crippen LogP contribution in [0, 0.1) is 0 Å². The lowest BCUT2D eigenvalue weighted by atomic mass is 9.95. The van der Waals surface area contributed by atoms with Crippen LogP contribution in [0.1, 0.15) is 69.3 Å². The van der Waals surface area contributed by atoms with Crippen molar-refractivity contribution < 1.29 is 14.4 Å². The van der Waals surface area contributed by atoms with Gasteiger partial charge in [0.1, 0.15) is 5.37 Å². The second kappa shape index (κ2) is 11.6. The van der Waals surface area contributed by atoms with Gasteiger partial charge in [0, 0.05) is 18.2 Å². The molecule has 0 spiro atoms. The van der Waals surface area contributed by atoms with Crippen molar-refractivity contribution in [3.8, 4) is 0 Å². The molecule has 3 amide bonds. The van der Waals surface area contributed by atoms with Crippen molar-refractivity contribution in [3.05, 3.63) is 101 Å². The molecule has 1 heterocycles. The molecule has 1 saturated carbocycles. The monoisotopic (exact) mass is 513 g/mol. The van der Waals surface area contributed by atoms with E-state index in [1.807, 2.05) is 59.5 Å². The molecule has 7 heteroatoms. The highest BCUT2D eigenvalue weighted by molar-refractivity contribution is 8.00. The number of anilines is 1. The minimum absolute atomic E-state index is 0.0889. The van der Waals surface area contributed by atoms with Crippen LogP contribution in [0.25, 0.3) is 0 Å². The number of thioether (sulfide) groups is 1. The summed E-state index contributed by atoms with van der Waals surface area (Å²) in [6, 6.07) is 24.6. The van der Waals surface area contributed by atoms with Gasteiger partial charge in [0.05, 0.1) is 17.0 Å². The van der Waals surface area contributed by atoms with Crippen LogP contribution in [-0.2, 0) is 11.3 Å². The molecule has 0 bridgehead atoms. The summed E-state index contributed by atoms with van der Waals surface area (Å²) in [5, 5.41) is 5.95. The summed E-state index contributed by atoms with van der Waals surface area (Å²) < 4.78 is 0. The second-order valence-corrected chi connectivity index (χ2v) is 10.7. The first kappa shape index (κ1) is 25.1. The fourth-order valence-electron chi connectivity index (χ4n) is 4.98. The van der Waals surface area contributed by atoms with E-state index in [9.17, 15) is 14.4 Å². The maximum atomic E-state index is 13.1. The van der Waals surface area contributed by atoms with Gasteiger partial charge >= 0.3 is 0 Å². The lowest BCUT2D eigenvalue weighted by molar-refractivity contribution is -0.128. The van der Waals surface area contributed by atoms with Gasteiger partial charge in [-0.15, -0.1) is 11.8 Å². The molecule has 1 aliphatic heterocycles. The van der Waals surface area contributed by atoms with Crippen LogP contribution in [0.15, 0.2) is 78.9 Å². The Hall–Kier alpha value is -3.58. The minimum Gasteiger partial charge on any atom is -0.349 e. The van der Waals surface area contributed by atoms with Gasteiger partial charge in [-0.25, -0.2) is 0 Å². The zero-order chi connectivity index (χ0) is 25.6. The average Bonchev–Trinajstić information content (AvgIpc) is 3.29. The molecule has 3 aromatic carbocycles. The largest absolute Gasteiger partial charge is 0.349 e. The molecule has 37 heavy (non-hydrogen) atoms. The van der Waals surface area contributed by atoms with Crippen molar-refractivity contribution in [1.82, 2.24) is 10.2 Å². The zero-order valence-corrected chi connectivity index (χ0v) is 21.5. The Morgan fingerprint density at radius 3 is 2.30 bits per heavy atom. The quantitative estimate of drug-likeness (QED) is 0.420. The number of carbonyl (C=O) groups is 3. The van der Waals surface area contributed by atoms with Crippen LogP contribution in [0.2, 0.25) is 0 Å². The van der Waals surface area contributed by atoms with E-state index in [1.54, 1.807) is 36.0 Å². The summed E-state index contributed by atoms with van der Waals surface area (Å²) in [6.45, 7) is 0.555. The molecule has 1 saturated heterocycles. The van der Waals surface area contributed by atoms with Crippen LogP contribution in [0.3, 0.4) is 0 Å².